The van der Waals surface area contributed by atoms with Crippen LogP contribution in [0.3, 0.4) is 0 Å². The van der Waals surface area contributed by atoms with Crippen LogP contribution in [0.15, 0.2) is 36.4 Å². The first-order chi connectivity index (χ1) is 10.9. The summed E-state index contributed by atoms with van der Waals surface area (Å²) in [6, 6.07) is 11.1. The number of rotatable bonds is 5. The van der Waals surface area contributed by atoms with E-state index in [1.165, 1.54) is 12.5 Å². The number of benzene rings is 2. The van der Waals surface area contributed by atoms with Gasteiger partial charge in [0.1, 0.15) is 0 Å². The summed E-state index contributed by atoms with van der Waals surface area (Å²) in [7, 11) is 0. The normalized spacial score (nSPS) is 10.3. The first-order valence-corrected chi connectivity index (χ1v) is 7.59. The minimum atomic E-state index is -0.125. The molecular weight excluding hydrogens is 288 g/mol. The molecule has 2 N–H and O–H groups in total. The number of ketones is 1. The molecule has 0 atom stereocenters. The molecule has 0 heterocycles. The van der Waals surface area contributed by atoms with Crippen LogP contribution in [0.2, 0.25) is 0 Å². The van der Waals surface area contributed by atoms with Gasteiger partial charge in [-0.25, -0.2) is 0 Å². The molecule has 0 saturated carbocycles. The van der Waals surface area contributed by atoms with Gasteiger partial charge in [0.25, 0.3) is 0 Å². The second-order valence-electron chi connectivity index (χ2n) is 5.81. The Kier molecular flexibility index (Phi) is 5.16. The molecule has 2 aromatic carbocycles. The summed E-state index contributed by atoms with van der Waals surface area (Å²) >= 11 is 0. The average molecular weight is 310 g/mol. The number of aryl methyl sites for hydroxylation is 3. The molecule has 2 rings (SSSR count). The van der Waals surface area contributed by atoms with Gasteiger partial charge in [-0.05, 0) is 63.1 Å². The first-order valence-electron chi connectivity index (χ1n) is 7.59. The molecule has 0 aromatic heterocycles. The van der Waals surface area contributed by atoms with Crippen LogP contribution in [0.4, 0.5) is 11.4 Å². The Morgan fingerprint density at radius 2 is 1.52 bits per heavy atom. The van der Waals surface area contributed by atoms with Crippen molar-refractivity contribution in [2.45, 2.75) is 27.7 Å². The summed E-state index contributed by atoms with van der Waals surface area (Å²) in [5.41, 5.74) is 5.77. The fraction of sp³-hybridized carbons (Fsp3) is 0.263. The van der Waals surface area contributed by atoms with Crippen molar-refractivity contribution >= 4 is 23.1 Å². The fourth-order valence-electron chi connectivity index (χ4n) is 2.62. The first kappa shape index (κ1) is 16.7. The van der Waals surface area contributed by atoms with Crippen molar-refractivity contribution in [1.82, 2.24) is 0 Å². The van der Waals surface area contributed by atoms with Gasteiger partial charge in [0, 0.05) is 16.9 Å². The maximum absolute atomic E-state index is 12.1. The van der Waals surface area contributed by atoms with E-state index in [-0.39, 0.29) is 18.2 Å². The second-order valence-corrected chi connectivity index (χ2v) is 5.81. The summed E-state index contributed by atoms with van der Waals surface area (Å²) in [4.78, 5) is 23.3. The highest BCUT2D eigenvalue weighted by Crippen LogP contribution is 2.21. The molecule has 120 valence electrons. The molecule has 0 spiro atoms. The third-order valence-corrected chi connectivity index (χ3v) is 3.68. The number of carbonyl (C=O) groups is 2. The molecule has 0 radical (unpaired) electrons. The third kappa shape index (κ3) is 4.42. The third-order valence-electron chi connectivity index (χ3n) is 3.68. The van der Waals surface area contributed by atoms with Crippen molar-refractivity contribution < 1.29 is 9.59 Å². The smallest absolute Gasteiger partial charge is 0.243 e. The van der Waals surface area contributed by atoms with Crippen molar-refractivity contribution in [3.8, 4) is 0 Å². The molecule has 2 aromatic rings. The van der Waals surface area contributed by atoms with E-state index in [1.807, 2.05) is 13.8 Å². The maximum Gasteiger partial charge on any atom is 0.243 e. The van der Waals surface area contributed by atoms with Crippen LogP contribution in [-0.2, 0) is 4.79 Å². The van der Waals surface area contributed by atoms with E-state index < -0.39 is 0 Å². The van der Waals surface area contributed by atoms with E-state index >= 15 is 0 Å². The van der Waals surface area contributed by atoms with Gasteiger partial charge in [0.2, 0.25) is 5.91 Å². The largest absolute Gasteiger partial charge is 0.376 e. The summed E-state index contributed by atoms with van der Waals surface area (Å²) < 4.78 is 0. The lowest BCUT2D eigenvalue weighted by atomic mass is 10.1. The van der Waals surface area contributed by atoms with Gasteiger partial charge in [0.15, 0.2) is 5.78 Å². The zero-order valence-corrected chi connectivity index (χ0v) is 14.0. The van der Waals surface area contributed by atoms with Crippen LogP contribution < -0.4 is 10.6 Å². The number of anilines is 2. The van der Waals surface area contributed by atoms with Gasteiger partial charge in [-0.1, -0.05) is 17.7 Å². The molecule has 4 nitrogen and oxygen atoms in total. The average Bonchev–Trinajstić information content (AvgIpc) is 2.46. The number of hydrogen-bond donors (Lipinski definition) is 2. The Morgan fingerprint density at radius 1 is 0.957 bits per heavy atom. The topological polar surface area (TPSA) is 58.2 Å². The molecule has 0 aliphatic carbocycles. The highest BCUT2D eigenvalue weighted by Gasteiger charge is 2.07. The van der Waals surface area contributed by atoms with Crippen molar-refractivity contribution in [1.29, 1.82) is 0 Å². The van der Waals surface area contributed by atoms with Gasteiger partial charge in [-0.15, -0.1) is 0 Å². The van der Waals surface area contributed by atoms with E-state index in [0.29, 0.717) is 11.3 Å². The molecule has 1 amide bonds. The molecule has 0 unspecified atom stereocenters. The molecule has 23 heavy (non-hydrogen) atoms. The molecule has 0 bridgehead atoms. The Balaban J connectivity index is 1.96. The molecular formula is C19H22N2O2. The lowest BCUT2D eigenvalue weighted by Crippen LogP contribution is -2.22. The molecule has 0 fully saturated rings. The predicted octanol–water partition coefficient (Wildman–Crippen LogP) is 3.87. The predicted molar refractivity (Wildman–Crippen MR) is 94.2 cm³/mol. The van der Waals surface area contributed by atoms with Crippen LogP contribution in [0.25, 0.3) is 0 Å². The summed E-state index contributed by atoms with van der Waals surface area (Å²) in [6.45, 7) is 7.82. The zero-order valence-electron chi connectivity index (χ0n) is 14.0. The maximum atomic E-state index is 12.1. The Morgan fingerprint density at radius 3 is 2.04 bits per heavy atom. The summed E-state index contributed by atoms with van der Waals surface area (Å²) in [5.74, 6) is -0.116. The second kappa shape index (κ2) is 7.09. The molecule has 0 saturated heterocycles. The van der Waals surface area contributed by atoms with Crippen LogP contribution >= 0.6 is 0 Å². The van der Waals surface area contributed by atoms with Crippen LogP contribution in [0.5, 0.6) is 0 Å². The number of hydrogen-bond acceptors (Lipinski definition) is 3. The van der Waals surface area contributed by atoms with Crippen molar-refractivity contribution in [3.63, 3.8) is 0 Å². The van der Waals surface area contributed by atoms with E-state index in [0.717, 1.165) is 16.8 Å². The molecule has 0 aliphatic rings. The van der Waals surface area contributed by atoms with Crippen LogP contribution in [0, 0.1) is 20.8 Å². The quantitative estimate of drug-likeness (QED) is 0.824. The molecule has 0 aliphatic heterocycles. The number of amides is 1. The Labute approximate surface area is 136 Å². The standard InChI is InChI=1S/C19H22N2O2/c1-12-9-13(2)19(14(3)10-12)20-11-18(23)21-17-7-5-16(6-8-17)15(4)22/h5-10,20H,11H2,1-4H3,(H,21,23). The van der Waals surface area contributed by atoms with E-state index in [1.54, 1.807) is 24.3 Å². The van der Waals surface area contributed by atoms with E-state index in [9.17, 15) is 9.59 Å². The van der Waals surface area contributed by atoms with Crippen LogP contribution in [0.1, 0.15) is 34.0 Å². The van der Waals surface area contributed by atoms with Gasteiger partial charge in [-0.2, -0.15) is 0 Å². The lowest BCUT2D eigenvalue weighted by molar-refractivity contribution is -0.114. The van der Waals surface area contributed by atoms with Gasteiger partial charge in [0.05, 0.1) is 6.54 Å². The SMILES string of the molecule is CC(=O)c1ccc(NC(=O)CNc2c(C)cc(C)cc2C)cc1. The number of nitrogens with one attached hydrogen (secondary N) is 2. The monoisotopic (exact) mass is 310 g/mol. The Bertz CT molecular complexity index is 711. The highest BCUT2D eigenvalue weighted by molar-refractivity contribution is 5.96. The lowest BCUT2D eigenvalue weighted by Gasteiger charge is -2.14. The number of Topliss-reactive ketones (excluding diaryl/α,β-unsaturated/α-hetero) is 1. The van der Waals surface area contributed by atoms with E-state index in [2.05, 4.69) is 29.7 Å². The van der Waals surface area contributed by atoms with Crippen molar-refractivity contribution in [2.24, 2.45) is 0 Å². The van der Waals surface area contributed by atoms with Crippen molar-refractivity contribution in [3.05, 3.63) is 58.7 Å². The van der Waals surface area contributed by atoms with Gasteiger partial charge < -0.3 is 10.6 Å². The molecule has 4 heteroatoms. The minimum absolute atomic E-state index is 0.00913. The summed E-state index contributed by atoms with van der Waals surface area (Å²) in [6.07, 6.45) is 0. The minimum Gasteiger partial charge on any atom is -0.376 e. The fourth-order valence-corrected chi connectivity index (χ4v) is 2.62. The highest BCUT2D eigenvalue weighted by atomic mass is 16.2. The zero-order chi connectivity index (χ0) is 17.0. The van der Waals surface area contributed by atoms with E-state index in [4.69, 9.17) is 0 Å². The Hall–Kier alpha value is -2.62. The van der Waals surface area contributed by atoms with Gasteiger partial charge in [-0.3, -0.25) is 9.59 Å². The van der Waals surface area contributed by atoms with Crippen molar-refractivity contribution in [2.75, 3.05) is 17.2 Å². The van der Waals surface area contributed by atoms with Crippen LogP contribution in [-0.4, -0.2) is 18.2 Å². The number of carbonyl (C=O) groups excluding carboxylic acids is 2. The van der Waals surface area contributed by atoms with Gasteiger partial charge >= 0.3 is 0 Å². The summed E-state index contributed by atoms with van der Waals surface area (Å²) in [5, 5.41) is 6.01.